The molecule has 1 aromatic rings. The predicted octanol–water partition coefficient (Wildman–Crippen LogP) is 4.64. The molecule has 1 unspecified atom stereocenters. The molecular formula is C18H27NO. The van der Waals surface area contributed by atoms with Gasteiger partial charge in [0.2, 0.25) is 0 Å². The summed E-state index contributed by atoms with van der Waals surface area (Å²) in [7, 11) is 0. The van der Waals surface area contributed by atoms with E-state index in [-0.39, 0.29) is 6.10 Å². The van der Waals surface area contributed by atoms with E-state index in [2.05, 4.69) is 37.4 Å². The lowest BCUT2D eigenvalue weighted by atomic mass is 9.76. The van der Waals surface area contributed by atoms with Gasteiger partial charge in [-0.25, -0.2) is 0 Å². The number of rotatable bonds is 3. The second-order valence-corrected chi connectivity index (χ2v) is 6.73. The molecule has 1 saturated carbocycles. The third-order valence-corrected chi connectivity index (χ3v) is 4.80. The van der Waals surface area contributed by atoms with E-state index >= 15 is 0 Å². The van der Waals surface area contributed by atoms with Gasteiger partial charge in [0, 0.05) is 12.2 Å². The molecule has 2 nitrogen and oxygen atoms in total. The van der Waals surface area contributed by atoms with E-state index in [4.69, 9.17) is 4.74 Å². The van der Waals surface area contributed by atoms with E-state index in [0.29, 0.717) is 0 Å². The lowest BCUT2D eigenvalue weighted by molar-refractivity contribution is 0.240. The zero-order chi connectivity index (χ0) is 13.9. The Labute approximate surface area is 122 Å². The molecule has 1 fully saturated rings. The Kier molecular flexibility index (Phi) is 4.18. The average Bonchev–Trinajstić information content (AvgIpc) is 2.47. The number of ether oxygens (including phenoxy) is 1. The summed E-state index contributed by atoms with van der Waals surface area (Å²) in [6.45, 7) is 5.33. The maximum atomic E-state index is 5.83. The van der Waals surface area contributed by atoms with Gasteiger partial charge in [-0.05, 0) is 55.9 Å². The maximum absolute atomic E-state index is 5.83. The van der Waals surface area contributed by atoms with E-state index in [1.807, 2.05) is 0 Å². The number of hydrogen-bond acceptors (Lipinski definition) is 2. The Morgan fingerprint density at radius 1 is 1.10 bits per heavy atom. The number of nitrogens with one attached hydrogen (secondary N) is 1. The second kappa shape index (κ2) is 6.07. The van der Waals surface area contributed by atoms with Gasteiger partial charge in [0.15, 0.2) is 0 Å². The summed E-state index contributed by atoms with van der Waals surface area (Å²) in [5.74, 6) is 2.76. The van der Waals surface area contributed by atoms with Gasteiger partial charge in [0.05, 0.1) is 6.10 Å². The van der Waals surface area contributed by atoms with Gasteiger partial charge in [-0.3, -0.25) is 0 Å². The molecule has 110 valence electrons. The molecule has 0 amide bonds. The molecule has 3 rings (SSSR count). The van der Waals surface area contributed by atoms with Crippen molar-refractivity contribution in [3.05, 3.63) is 23.8 Å². The summed E-state index contributed by atoms with van der Waals surface area (Å²) in [4.78, 5) is 0. The summed E-state index contributed by atoms with van der Waals surface area (Å²) >= 11 is 0. The first-order valence-electron chi connectivity index (χ1n) is 8.26. The third kappa shape index (κ3) is 3.11. The van der Waals surface area contributed by atoms with Gasteiger partial charge in [0.25, 0.3) is 0 Å². The largest absolute Gasteiger partial charge is 0.491 e. The Bertz CT molecular complexity index is 449. The molecule has 0 spiro atoms. The van der Waals surface area contributed by atoms with Crippen molar-refractivity contribution in [2.24, 2.45) is 11.8 Å². The van der Waals surface area contributed by atoms with E-state index in [9.17, 15) is 0 Å². The number of anilines is 1. The molecular weight excluding hydrogens is 246 g/mol. The number of hydrogen-bond donors (Lipinski definition) is 1. The molecule has 20 heavy (non-hydrogen) atoms. The summed E-state index contributed by atoms with van der Waals surface area (Å²) in [5, 5.41) is 3.63. The first kappa shape index (κ1) is 13.8. The van der Waals surface area contributed by atoms with Gasteiger partial charge in [-0.1, -0.05) is 32.1 Å². The Morgan fingerprint density at radius 2 is 1.90 bits per heavy atom. The normalized spacial score (nSPS) is 23.2. The third-order valence-electron chi connectivity index (χ3n) is 4.80. The van der Waals surface area contributed by atoms with Crippen LogP contribution in [0.15, 0.2) is 18.2 Å². The number of benzene rings is 1. The maximum Gasteiger partial charge on any atom is 0.120 e. The van der Waals surface area contributed by atoms with Crippen LogP contribution in [-0.2, 0) is 6.42 Å². The van der Waals surface area contributed by atoms with E-state index in [1.54, 1.807) is 0 Å². The zero-order valence-corrected chi connectivity index (χ0v) is 12.8. The molecule has 2 aliphatic rings. The van der Waals surface area contributed by atoms with Crippen molar-refractivity contribution in [1.29, 1.82) is 0 Å². The summed E-state index contributed by atoms with van der Waals surface area (Å²) in [6.07, 6.45) is 8.66. The SMILES string of the molecule is CC(C)Oc1ccc2c(c1)CC(C1CCCCC1)CN2. The number of fused-ring (bicyclic) bond motifs is 1. The topological polar surface area (TPSA) is 21.3 Å². The summed E-state index contributed by atoms with van der Waals surface area (Å²) < 4.78 is 5.83. The molecule has 0 bridgehead atoms. The van der Waals surface area contributed by atoms with Gasteiger partial charge < -0.3 is 10.1 Å². The molecule has 1 aliphatic carbocycles. The van der Waals surface area contributed by atoms with Crippen molar-refractivity contribution in [2.45, 2.75) is 58.5 Å². The standard InChI is InChI=1S/C18H27NO/c1-13(2)20-17-8-9-18-15(11-17)10-16(12-19-18)14-6-4-3-5-7-14/h8-9,11,13-14,16,19H,3-7,10,12H2,1-2H3. The van der Waals surface area contributed by atoms with Crippen LogP contribution in [-0.4, -0.2) is 12.6 Å². The van der Waals surface area contributed by atoms with Crippen LogP contribution < -0.4 is 10.1 Å². The van der Waals surface area contributed by atoms with Crippen LogP contribution >= 0.6 is 0 Å². The zero-order valence-electron chi connectivity index (χ0n) is 12.8. The van der Waals surface area contributed by atoms with Crippen LogP contribution in [0.5, 0.6) is 5.75 Å². The van der Waals surface area contributed by atoms with E-state index in [1.165, 1.54) is 49.8 Å². The molecule has 2 heteroatoms. The smallest absolute Gasteiger partial charge is 0.120 e. The summed E-state index contributed by atoms with van der Waals surface area (Å²) in [5.41, 5.74) is 2.76. The van der Waals surface area contributed by atoms with Crippen molar-refractivity contribution in [2.75, 3.05) is 11.9 Å². The Morgan fingerprint density at radius 3 is 2.65 bits per heavy atom. The van der Waals surface area contributed by atoms with Crippen molar-refractivity contribution in [1.82, 2.24) is 0 Å². The van der Waals surface area contributed by atoms with Crippen molar-refractivity contribution in [3.63, 3.8) is 0 Å². The highest BCUT2D eigenvalue weighted by Crippen LogP contribution is 2.37. The van der Waals surface area contributed by atoms with Crippen LogP contribution in [0.2, 0.25) is 0 Å². The van der Waals surface area contributed by atoms with Gasteiger partial charge >= 0.3 is 0 Å². The van der Waals surface area contributed by atoms with E-state index in [0.717, 1.165) is 24.1 Å². The first-order valence-corrected chi connectivity index (χ1v) is 8.26. The highest BCUT2D eigenvalue weighted by molar-refractivity contribution is 5.56. The summed E-state index contributed by atoms with van der Waals surface area (Å²) in [6, 6.07) is 6.52. The van der Waals surface area contributed by atoms with Crippen LogP contribution in [0.3, 0.4) is 0 Å². The molecule has 0 radical (unpaired) electrons. The fourth-order valence-electron chi connectivity index (χ4n) is 3.79. The van der Waals surface area contributed by atoms with Crippen molar-refractivity contribution < 1.29 is 4.74 Å². The molecule has 0 saturated heterocycles. The predicted molar refractivity (Wildman–Crippen MR) is 84.5 cm³/mol. The molecule has 1 N–H and O–H groups in total. The Hall–Kier alpha value is -1.18. The minimum atomic E-state index is 0.249. The quantitative estimate of drug-likeness (QED) is 0.866. The molecule has 1 heterocycles. The molecule has 0 aromatic heterocycles. The second-order valence-electron chi connectivity index (χ2n) is 6.73. The van der Waals surface area contributed by atoms with Crippen molar-refractivity contribution >= 4 is 5.69 Å². The van der Waals surface area contributed by atoms with Crippen LogP contribution in [0, 0.1) is 11.8 Å². The Balaban J connectivity index is 1.71. The van der Waals surface area contributed by atoms with Gasteiger partial charge in [-0.15, -0.1) is 0 Å². The monoisotopic (exact) mass is 273 g/mol. The minimum absolute atomic E-state index is 0.249. The van der Waals surface area contributed by atoms with Crippen LogP contribution in [0.25, 0.3) is 0 Å². The van der Waals surface area contributed by atoms with Crippen molar-refractivity contribution in [3.8, 4) is 5.75 Å². The van der Waals surface area contributed by atoms with Gasteiger partial charge in [-0.2, -0.15) is 0 Å². The lowest BCUT2D eigenvalue weighted by Gasteiger charge is -2.34. The first-order chi connectivity index (χ1) is 9.72. The molecule has 1 atom stereocenters. The fraction of sp³-hybridized carbons (Fsp3) is 0.667. The average molecular weight is 273 g/mol. The minimum Gasteiger partial charge on any atom is -0.491 e. The lowest BCUT2D eigenvalue weighted by Crippen LogP contribution is -2.30. The van der Waals surface area contributed by atoms with Gasteiger partial charge in [0.1, 0.15) is 5.75 Å². The van der Waals surface area contributed by atoms with E-state index < -0.39 is 0 Å². The molecule has 1 aromatic carbocycles. The molecule has 1 aliphatic heterocycles. The van der Waals surface area contributed by atoms with Crippen LogP contribution in [0.1, 0.15) is 51.5 Å². The fourth-order valence-corrected chi connectivity index (χ4v) is 3.79. The highest BCUT2D eigenvalue weighted by atomic mass is 16.5. The highest BCUT2D eigenvalue weighted by Gasteiger charge is 2.27. The van der Waals surface area contributed by atoms with Crippen LogP contribution in [0.4, 0.5) is 5.69 Å².